The number of nitrogen functional groups attached to an aromatic ring is 1. The number of nitrogens with zero attached hydrogens (tertiary/aromatic N) is 3. The molecule has 0 radical (unpaired) electrons. The standard InChI is InChI=1S/C33H40N6O2/c34-18-20-38(19-4-8-24-6-2-1-3-7-24)33(40)27-15-16-30-29(22-27)37-31(39(30)23-28-9-5-21-41-28)17-12-25-10-13-26(14-11-25)32(35)36/h1-3,6-7,10-11,13-16,22,28H,4-5,8-9,12,17-21,23,34H2,(H3,35,36). The zero-order chi connectivity index (χ0) is 28.6. The number of nitrogens with one attached hydrogen (secondary N) is 1. The zero-order valence-electron chi connectivity index (χ0n) is 23.6. The molecule has 214 valence electrons. The summed E-state index contributed by atoms with van der Waals surface area (Å²) in [4.78, 5) is 20.5. The van der Waals surface area contributed by atoms with Crippen molar-refractivity contribution in [3.8, 4) is 0 Å². The van der Waals surface area contributed by atoms with Crippen molar-refractivity contribution in [2.45, 2.75) is 51.2 Å². The van der Waals surface area contributed by atoms with Crippen LogP contribution in [0.4, 0.5) is 0 Å². The lowest BCUT2D eigenvalue weighted by atomic mass is 10.1. The lowest BCUT2D eigenvalue weighted by Crippen LogP contribution is -2.36. The van der Waals surface area contributed by atoms with Gasteiger partial charge in [-0.25, -0.2) is 4.98 Å². The maximum absolute atomic E-state index is 13.6. The lowest BCUT2D eigenvalue weighted by Gasteiger charge is -2.22. The van der Waals surface area contributed by atoms with Gasteiger partial charge in [0.05, 0.1) is 23.7 Å². The Hall–Kier alpha value is -4.01. The molecule has 0 spiro atoms. The first kappa shape index (κ1) is 28.5. The maximum Gasteiger partial charge on any atom is 0.253 e. The predicted octanol–water partition coefficient (Wildman–Crippen LogP) is 4.32. The molecule has 0 aliphatic carbocycles. The fourth-order valence-corrected chi connectivity index (χ4v) is 5.58. The Kier molecular flexibility index (Phi) is 9.44. The van der Waals surface area contributed by atoms with E-state index in [1.807, 2.05) is 65.6 Å². The molecule has 1 aliphatic rings. The molecule has 4 aromatic rings. The van der Waals surface area contributed by atoms with Crippen LogP contribution < -0.4 is 11.5 Å². The van der Waals surface area contributed by atoms with Gasteiger partial charge in [0.1, 0.15) is 11.7 Å². The fraction of sp³-hybridized carbons (Fsp3) is 0.364. The number of nitrogens with two attached hydrogens (primary N) is 2. The molecule has 0 saturated carbocycles. The van der Waals surface area contributed by atoms with Crippen molar-refractivity contribution in [1.82, 2.24) is 14.5 Å². The first-order valence-electron chi connectivity index (χ1n) is 14.6. The Balaban J connectivity index is 1.34. The Labute approximate surface area is 241 Å². The number of aromatic nitrogens is 2. The van der Waals surface area contributed by atoms with Gasteiger partial charge >= 0.3 is 0 Å². The van der Waals surface area contributed by atoms with Gasteiger partial charge in [-0.1, -0.05) is 54.6 Å². The quantitative estimate of drug-likeness (QED) is 0.168. The molecule has 1 saturated heterocycles. The number of amidine groups is 1. The molecule has 5 N–H and O–H groups in total. The molecule has 5 rings (SSSR count). The number of imidazole rings is 1. The van der Waals surface area contributed by atoms with E-state index in [0.29, 0.717) is 25.2 Å². The van der Waals surface area contributed by atoms with Crippen molar-refractivity contribution in [3.05, 3.63) is 101 Å². The molecule has 2 heterocycles. The van der Waals surface area contributed by atoms with Crippen molar-refractivity contribution in [1.29, 1.82) is 5.41 Å². The molecule has 1 unspecified atom stereocenters. The predicted molar refractivity (Wildman–Crippen MR) is 163 cm³/mol. The minimum atomic E-state index is -0.00815. The number of fused-ring (bicyclic) bond motifs is 1. The Morgan fingerprint density at radius 2 is 1.73 bits per heavy atom. The molecule has 0 bridgehead atoms. The highest BCUT2D eigenvalue weighted by Crippen LogP contribution is 2.24. The van der Waals surface area contributed by atoms with E-state index in [4.69, 9.17) is 26.6 Å². The van der Waals surface area contributed by atoms with Crippen molar-refractivity contribution >= 4 is 22.8 Å². The normalized spacial score (nSPS) is 14.9. The molecule has 41 heavy (non-hydrogen) atoms. The van der Waals surface area contributed by atoms with E-state index < -0.39 is 0 Å². The number of hydrogen-bond donors (Lipinski definition) is 3. The highest BCUT2D eigenvalue weighted by atomic mass is 16.5. The van der Waals surface area contributed by atoms with Crippen LogP contribution in [0.1, 0.15) is 52.1 Å². The van der Waals surface area contributed by atoms with Crippen LogP contribution in [0, 0.1) is 5.41 Å². The highest BCUT2D eigenvalue weighted by molar-refractivity contribution is 5.97. The number of hydrogen-bond acceptors (Lipinski definition) is 5. The Morgan fingerprint density at radius 3 is 2.44 bits per heavy atom. The number of ether oxygens (including phenoxy) is 1. The summed E-state index contributed by atoms with van der Waals surface area (Å²) < 4.78 is 8.23. The second-order valence-corrected chi connectivity index (χ2v) is 10.8. The maximum atomic E-state index is 13.6. The van der Waals surface area contributed by atoms with Crippen LogP contribution >= 0.6 is 0 Å². The summed E-state index contributed by atoms with van der Waals surface area (Å²) >= 11 is 0. The second-order valence-electron chi connectivity index (χ2n) is 10.8. The minimum absolute atomic E-state index is 0.00815. The molecule has 8 heteroatoms. The fourth-order valence-electron chi connectivity index (χ4n) is 5.58. The average Bonchev–Trinajstić information content (AvgIpc) is 3.64. The summed E-state index contributed by atoms with van der Waals surface area (Å²) in [6.45, 7) is 3.15. The molecule has 1 atom stereocenters. The van der Waals surface area contributed by atoms with Crippen LogP contribution in [0.15, 0.2) is 72.8 Å². The molecule has 3 aromatic carbocycles. The third-order valence-corrected chi connectivity index (χ3v) is 7.81. The first-order valence-corrected chi connectivity index (χ1v) is 14.6. The van der Waals surface area contributed by atoms with E-state index in [1.165, 1.54) is 5.56 Å². The number of rotatable bonds is 13. The lowest BCUT2D eigenvalue weighted by molar-refractivity contribution is 0.0758. The summed E-state index contributed by atoms with van der Waals surface area (Å²) in [5.74, 6) is 1.05. The van der Waals surface area contributed by atoms with E-state index in [2.05, 4.69) is 16.7 Å². The molecule has 1 amide bonds. The van der Waals surface area contributed by atoms with E-state index in [0.717, 1.165) is 79.7 Å². The zero-order valence-corrected chi connectivity index (χ0v) is 23.6. The van der Waals surface area contributed by atoms with E-state index in [1.54, 1.807) is 0 Å². The van der Waals surface area contributed by atoms with Gasteiger partial charge < -0.3 is 25.7 Å². The Bertz CT molecular complexity index is 1460. The molecular formula is C33H40N6O2. The summed E-state index contributed by atoms with van der Waals surface area (Å²) in [5, 5.41) is 7.62. The van der Waals surface area contributed by atoms with Gasteiger partial charge in [-0.2, -0.15) is 0 Å². The van der Waals surface area contributed by atoms with Crippen LogP contribution in [-0.2, 0) is 30.5 Å². The van der Waals surface area contributed by atoms with Crippen LogP contribution in [0.2, 0.25) is 0 Å². The Morgan fingerprint density at radius 1 is 0.976 bits per heavy atom. The smallest absolute Gasteiger partial charge is 0.253 e. The second kappa shape index (κ2) is 13.6. The van der Waals surface area contributed by atoms with Gasteiger partial charge in [-0.3, -0.25) is 10.2 Å². The first-order chi connectivity index (χ1) is 20.0. The summed E-state index contributed by atoms with van der Waals surface area (Å²) in [5.41, 5.74) is 17.1. The molecular weight excluding hydrogens is 512 g/mol. The third kappa shape index (κ3) is 7.20. The number of carbonyl (C=O) groups excluding carboxylic acids is 1. The van der Waals surface area contributed by atoms with Crippen molar-refractivity contribution in [3.63, 3.8) is 0 Å². The molecule has 8 nitrogen and oxygen atoms in total. The largest absolute Gasteiger partial charge is 0.384 e. The number of carbonyl (C=O) groups is 1. The van der Waals surface area contributed by atoms with Crippen LogP contribution in [0.25, 0.3) is 11.0 Å². The van der Waals surface area contributed by atoms with Gasteiger partial charge in [0, 0.05) is 43.8 Å². The number of benzene rings is 3. The van der Waals surface area contributed by atoms with Crippen LogP contribution in [0.5, 0.6) is 0 Å². The van der Waals surface area contributed by atoms with Crippen molar-refractivity contribution < 1.29 is 9.53 Å². The molecule has 1 aromatic heterocycles. The number of aryl methyl sites for hydroxylation is 3. The van der Waals surface area contributed by atoms with Gasteiger partial charge in [0.2, 0.25) is 0 Å². The highest BCUT2D eigenvalue weighted by Gasteiger charge is 2.22. The topological polar surface area (TPSA) is 123 Å². The van der Waals surface area contributed by atoms with E-state index in [9.17, 15) is 4.79 Å². The van der Waals surface area contributed by atoms with Gasteiger partial charge in [0.15, 0.2) is 0 Å². The van der Waals surface area contributed by atoms with Crippen LogP contribution in [0.3, 0.4) is 0 Å². The molecule has 1 fully saturated rings. The van der Waals surface area contributed by atoms with Crippen molar-refractivity contribution in [2.24, 2.45) is 11.5 Å². The van der Waals surface area contributed by atoms with E-state index >= 15 is 0 Å². The van der Waals surface area contributed by atoms with Gasteiger partial charge in [-0.15, -0.1) is 0 Å². The minimum Gasteiger partial charge on any atom is -0.384 e. The van der Waals surface area contributed by atoms with E-state index in [-0.39, 0.29) is 17.8 Å². The van der Waals surface area contributed by atoms with Gasteiger partial charge in [0.25, 0.3) is 5.91 Å². The number of amides is 1. The average molecular weight is 553 g/mol. The molecule has 1 aliphatic heterocycles. The summed E-state index contributed by atoms with van der Waals surface area (Å²) in [6, 6.07) is 24.0. The third-order valence-electron chi connectivity index (χ3n) is 7.81. The summed E-state index contributed by atoms with van der Waals surface area (Å²) in [6.07, 6.45) is 5.66. The SMILES string of the molecule is N=C(N)c1ccc(CCc2nc3cc(C(=O)N(CCN)CCCc4ccccc4)ccc3n2CC2CCCO2)cc1. The summed E-state index contributed by atoms with van der Waals surface area (Å²) in [7, 11) is 0. The monoisotopic (exact) mass is 552 g/mol. The van der Waals surface area contributed by atoms with Crippen LogP contribution in [-0.4, -0.2) is 58.5 Å². The van der Waals surface area contributed by atoms with Crippen molar-refractivity contribution in [2.75, 3.05) is 26.2 Å². The van der Waals surface area contributed by atoms with Gasteiger partial charge in [-0.05, 0) is 61.4 Å².